The van der Waals surface area contributed by atoms with E-state index in [-0.39, 0.29) is 29.8 Å². The molecule has 4 aromatic heterocycles. The molecule has 2 saturated heterocycles. The summed E-state index contributed by atoms with van der Waals surface area (Å²) in [6, 6.07) is 54.4. The Hall–Kier alpha value is -9.60. The molecule has 22 heteroatoms. The van der Waals surface area contributed by atoms with Gasteiger partial charge in [-0.15, -0.1) is 22.7 Å². The number of nitrogens with zero attached hydrogens (tertiary/aromatic N) is 12. The van der Waals surface area contributed by atoms with Gasteiger partial charge in [0.25, 0.3) is 23.6 Å². The Morgan fingerprint density at radius 2 is 0.922 bits per heavy atom. The summed E-state index contributed by atoms with van der Waals surface area (Å²) in [5.74, 6) is -1.22. The molecule has 0 aliphatic carbocycles. The zero-order valence-corrected chi connectivity index (χ0v) is 52.2. The maximum Gasteiger partial charge on any atom is 0.264 e. The highest BCUT2D eigenvalue weighted by atomic mass is 35.5. The van der Waals surface area contributed by atoms with Crippen molar-refractivity contribution in [3.63, 3.8) is 0 Å². The van der Waals surface area contributed by atoms with Crippen LogP contribution in [0, 0.1) is 28.5 Å². The first-order valence-corrected chi connectivity index (χ1v) is 31.4. The normalized spacial score (nSPS) is 13.0. The molecule has 0 atom stereocenters. The van der Waals surface area contributed by atoms with Crippen LogP contribution >= 0.6 is 57.5 Å². The van der Waals surface area contributed by atoms with Gasteiger partial charge < -0.3 is 38.5 Å². The molecular formula is C68H56Cl3FN12O4S2. The number of amides is 4. The first-order chi connectivity index (χ1) is 43.8. The van der Waals surface area contributed by atoms with Gasteiger partial charge in [0.2, 0.25) is 0 Å². The van der Waals surface area contributed by atoms with Gasteiger partial charge in [-0.2, -0.15) is 10.5 Å². The maximum absolute atomic E-state index is 14.8. The predicted octanol–water partition coefficient (Wildman–Crippen LogP) is 13.4. The molecule has 6 heterocycles. The van der Waals surface area contributed by atoms with Crippen molar-refractivity contribution in [2.24, 2.45) is 0 Å². The first-order valence-electron chi connectivity index (χ1n) is 28.7. The lowest BCUT2D eigenvalue weighted by Crippen LogP contribution is -2.48. The SMILES string of the molecule is N#Cc1ccc(Cn2cncc2CN(C(=O)c2ccc(Cl)cc2)c2ccc(N3CCN(C(=O)c4ccc(Cl)s4)CC3)cc2)cc1.N#Cc1ccc(Cn2cncc2CN(C(=O)c2ccccc2F)c2ccc(N3CCN(C(=O)c4ccc(Cl)s4)CC3)cc2)cc1. The van der Waals surface area contributed by atoms with Crippen molar-refractivity contribution in [3.05, 3.63) is 269 Å². The largest absolute Gasteiger partial charge is 0.368 e. The first kappa shape index (κ1) is 62.0. The number of carbonyl (C=O) groups excluding carboxylic acids is 4. The van der Waals surface area contributed by atoms with E-state index in [4.69, 9.17) is 45.3 Å². The van der Waals surface area contributed by atoms with Gasteiger partial charge in [-0.1, -0.05) is 71.2 Å². The van der Waals surface area contributed by atoms with Crippen LogP contribution in [0.25, 0.3) is 0 Å². The monoisotopic (exact) mass is 1290 g/mol. The minimum atomic E-state index is -0.590. The Labute approximate surface area is 542 Å². The minimum Gasteiger partial charge on any atom is -0.368 e. The molecule has 90 heavy (non-hydrogen) atoms. The zero-order valence-electron chi connectivity index (χ0n) is 48.3. The molecule has 10 aromatic rings. The van der Waals surface area contributed by atoms with Gasteiger partial charge in [0.15, 0.2) is 0 Å². The van der Waals surface area contributed by atoms with Gasteiger partial charge in [0, 0.05) is 111 Å². The highest BCUT2D eigenvalue weighted by Gasteiger charge is 2.28. The Morgan fingerprint density at radius 1 is 0.500 bits per heavy atom. The number of thiophene rings is 2. The number of aromatic nitrogens is 4. The number of benzene rings is 6. The summed E-state index contributed by atoms with van der Waals surface area (Å²) in [7, 11) is 0. The molecule has 0 spiro atoms. The lowest BCUT2D eigenvalue weighted by atomic mass is 10.1. The van der Waals surface area contributed by atoms with Crippen LogP contribution in [0.3, 0.4) is 0 Å². The standard InChI is InChI=1S/C34H28Cl2N6O2S.C34H28ClFN6O2S/c35-27-7-5-26(6-8-27)33(43)42(22-30-20-38-23-41(30)21-25-3-1-24(19-37)2-4-25)29-11-9-28(10-12-29)39-15-17-40(18-16-39)34(44)31-13-14-32(36)45-31;35-32-14-13-31(45-32)34(44)40-17-15-39(16-18-40)26-9-11-27(12-10-26)42(33(43)29-3-1-2-4-30(29)36)22-28-20-38-23-41(28)21-25-7-5-24(19-37)6-8-25/h2*1-14,20,23H,15-18,21-22H2. The van der Waals surface area contributed by atoms with Crippen LogP contribution < -0.4 is 19.6 Å². The summed E-state index contributed by atoms with van der Waals surface area (Å²) in [6.45, 7) is 6.62. The number of nitriles is 2. The van der Waals surface area contributed by atoms with Crippen LogP contribution in [0.4, 0.5) is 27.1 Å². The van der Waals surface area contributed by atoms with Crippen molar-refractivity contribution in [2.45, 2.75) is 26.2 Å². The molecule has 2 fully saturated rings. The maximum atomic E-state index is 14.8. The third kappa shape index (κ3) is 14.9. The Balaban J connectivity index is 0.000000185. The quantitative estimate of drug-likeness (QED) is 0.0907. The molecule has 0 saturated carbocycles. The topological polar surface area (TPSA) is 171 Å². The fourth-order valence-electron chi connectivity index (χ4n) is 10.6. The van der Waals surface area contributed by atoms with Gasteiger partial charge in [-0.05, 0) is 145 Å². The molecule has 2 aliphatic rings. The van der Waals surface area contributed by atoms with Crippen molar-refractivity contribution < 1.29 is 23.6 Å². The minimum absolute atomic E-state index is 0.0108. The molecule has 0 N–H and O–H groups in total. The van der Waals surface area contributed by atoms with Gasteiger partial charge in [0.1, 0.15) is 5.82 Å². The lowest BCUT2D eigenvalue weighted by Gasteiger charge is -2.36. The number of hydrogen-bond acceptors (Lipinski definition) is 12. The van der Waals surface area contributed by atoms with Gasteiger partial charge in [-0.3, -0.25) is 19.2 Å². The molecule has 2 aliphatic heterocycles. The number of anilines is 4. The van der Waals surface area contributed by atoms with E-state index >= 15 is 0 Å². The van der Waals surface area contributed by atoms with E-state index < -0.39 is 11.7 Å². The number of hydrogen-bond donors (Lipinski definition) is 0. The summed E-state index contributed by atoms with van der Waals surface area (Å²) in [6.07, 6.45) is 6.91. The second kappa shape index (κ2) is 28.7. The number of piperazine rings is 2. The Kier molecular flexibility index (Phi) is 19.8. The predicted molar refractivity (Wildman–Crippen MR) is 352 cm³/mol. The van der Waals surface area contributed by atoms with Crippen LogP contribution in [0.1, 0.15) is 73.7 Å². The summed E-state index contributed by atoms with van der Waals surface area (Å²) >= 11 is 20.7. The molecule has 0 unspecified atom stereocenters. The third-order valence-corrected chi connectivity index (χ3v) is 18.2. The van der Waals surface area contributed by atoms with E-state index in [1.807, 2.05) is 91.7 Å². The average molecular weight is 1290 g/mol. The third-order valence-electron chi connectivity index (χ3n) is 15.5. The van der Waals surface area contributed by atoms with Crippen molar-refractivity contribution >= 4 is 104 Å². The van der Waals surface area contributed by atoms with E-state index in [1.54, 1.807) is 120 Å². The highest BCUT2D eigenvalue weighted by Crippen LogP contribution is 2.31. The highest BCUT2D eigenvalue weighted by molar-refractivity contribution is 7.18. The Morgan fingerprint density at radius 3 is 1.32 bits per heavy atom. The molecule has 16 nitrogen and oxygen atoms in total. The second-order valence-electron chi connectivity index (χ2n) is 21.2. The van der Waals surface area contributed by atoms with Crippen LogP contribution in [-0.4, -0.2) is 105 Å². The van der Waals surface area contributed by atoms with Gasteiger partial charge in [0.05, 0.1) is 84.4 Å². The molecule has 0 bridgehead atoms. The van der Waals surface area contributed by atoms with E-state index in [0.29, 0.717) is 118 Å². The molecule has 12 rings (SSSR count). The van der Waals surface area contributed by atoms with Crippen molar-refractivity contribution in [1.29, 1.82) is 10.5 Å². The summed E-state index contributed by atoms with van der Waals surface area (Å²) < 4.78 is 19.9. The van der Waals surface area contributed by atoms with Crippen molar-refractivity contribution in [1.82, 2.24) is 28.9 Å². The second-order valence-corrected chi connectivity index (χ2v) is 25.1. The number of rotatable bonds is 16. The number of carbonyl (C=O) groups is 4. The van der Waals surface area contributed by atoms with E-state index in [0.717, 1.165) is 39.6 Å². The average Bonchev–Trinajstić information content (AvgIpc) is 2.53. The van der Waals surface area contributed by atoms with E-state index in [9.17, 15) is 23.6 Å². The molecule has 452 valence electrons. The lowest BCUT2D eigenvalue weighted by molar-refractivity contribution is 0.0744. The number of imidazole rings is 2. The Bertz CT molecular complexity index is 4240. The van der Waals surface area contributed by atoms with Crippen LogP contribution in [0.15, 0.2) is 195 Å². The van der Waals surface area contributed by atoms with E-state index in [1.165, 1.54) is 34.8 Å². The fraction of sp³-hybridized carbons (Fsp3) is 0.176. The smallest absolute Gasteiger partial charge is 0.264 e. The molecular weight excluding hydrogens is 1240 g/mol. The van der Waals surface area contributed by atoms with Gasteiger partial charge >= 0.3 is 0 Å². The van der Waals surface area contributed by atoms with Crippen LogP contribution in [0.2, 0.25) is 13.7 Å². The van der Waals surface area contributed by atoms with E-state index in [2.05, 4.69) is 31.9 Å². The summed E-state index contributed by atoms with van der Waals surface area (Å²) in [5, 5.41) is 18.8. The molecule has 6 aromatic carbocycles. The zero-order chi connectivity index (χ0) is 62.7. The van der Waals surface area contributed by atoms with Crippen molar-refractivity contribution in [2.75, 3.05) is 72.0 Å². The van der Waals surface area contributed by atoms with Crippen LogP contribution in [0.5, 0.6) is 0 Å². The summed E-state index contributed by atoms with van der Waals surface area (Å²) in [5.41, 5.74) is 8.65. The van der Waals surface area contributed by atoms with Crippen molar-refractivity contribution in [3.8, 4) is 12.1 Å². The number of halogens is 4. The molecule has 0 radical (unpaired) electrons. The summed E-state index contributed by atoms with van der Waals surface area (Å²) in [4.78, 5) is 74.8. The molecule has 4 amide bonds. The van der Waals surface area contributed by atoms with Gasteiger partial charge in [-0.25, -0.2) is 14.4 Å². The fourth-order valence-corrected chi connectivity index (χ4v) is 12.8. The van der Waals surface area contributed by atoms with Crippen LogP contribution in [-0.2, 0) is 26.2 Å².